The molecule has 2 aromatic rings. The highest BCUT2D eigenvalue weighted by Gasteiger charge is 2.21. The smallest absolute Gasteiger partial charge is 0.134 e. The predicted octanol–water partition coefficient (Wildman–Crippen LogP) is 2.85. The molecule has 0 spiro atoms. The van der Waals surface area contributed by atoms with Gasteiger partial charge in [0.2, 0.25) is 0 Å². The Morgan fingerprint density at radius 1 is 1.47 bits per heavy atom. The van der Waals surface area contributed by atoms with E-state index in [9.17, 15) is 0 Å². The number of nitrogens with zero attached hydrogens (tertiary/aromatic N) is 1. The number of aromatic nitrogens is 1. The lowest BCUT2D eigenvalue weighted by Gasteiger charge is -2.31. The van der Waals surface area contributed by atoms with Crippen molar-refractivity contribution in [2.45, 2.75) is 31.8 Å². The van der Waals surface area contributed by atoms with Gasteiger partial charge in [-0.15, -0.1) is 11.3 Å². The molecule has 4 heteroatoms. The van der Waals surface area contributed by atoms with Crippen LogP contribution < -0.4 is 10.6 Å². The molecule has 0 aromatic carbocycles. The van der Waals surface area contributed by atoms with Crippen molar-refractivity contribution < 1.29 is 0 Å². The molecule has 17 heavy (non-hydrogen) atoms. The summed E-state index contributed by atoms with van der Waals surface area (Å²) in [6, 6.07) is 5.23. The molecule has 2 atom stereocenters. The van der Waals surface area contributed by atoms with Crippen LogP contribution in [0.25, 0.3) is 10.1 Å². The fourth-order valence-corrected chi connectivity index (χ4v) is 3.21. The second-order valence-electron chi connectivity index (χ2n) is 4.63. The van der Waals surface area contributed by atoms with Gasteiger partial charge in [-0.25, -0.2) is 4.98 Å². The van der Waals surface area contributed by atoms with Gasteiger partial charge in [0.25, 0.3) is 0 Å². The monoisotopic (exact) mass is 247 g/mol. The van der Waals surface area contributed by atoms with Crippen LogP contribution in [0.15, 0.2) is 23.7 Å². The largest absolute Gasteiger partial charge is 0.365 e. The van der Waals surface area contributed by atoms with E-state index in [0.717, 1.165) is 12.4 Å². The number of piperidine rings is 1. The Bertz CT molecular complexity index is 508. The Kier molecular flexibility index (Phi) is 2.99. The minimum absolute atomic E-state index is 0.488. The average Bonchev–Trinajstić information content (AvgIpc) is 2.81. The third kappa shape index (κ3) is 2.15. The van der Waals surface area contributed by atoms with Crippen molar-refractivity contribution in [3.05, 3.63) is 23.7 Å². The lowest BCUT2D eigenvalue weighted by atomic mass is 10.00. The molecule has 0 saturated carbocycles. The van der Waals surface area contributed by atoms with Crippen molar-refractivity contribution in [1.82, 2.24) is 10.3 Å². The lowest BCUT2D eigenvalue weighted by Crippen LogP contribution is -2.46. The van der Waals surface area contributed by atoms with Crippen molar-refractivity contribution in [3.8, 4) is 0 Å². The first-order valence-corrected chi connectivity index (χ1v) is 7.05. The number of rotatable bonds is 2. The molecular weight excluding hydrogens is 230 g/mol. The SMILES string of the molecule is CC1NCCCC1Nc1nccc2sccc12. The molecule has 3 heterocycles. The van der Waals surface area contributed by atoms with Crippen LogP contribution in [0.5, 0.6) is 0 Å². The predicted molar refractivity (Wildman–Crippen MR) is 73.7 cm³/mol. The van der Waals surface area contributed by atoms with Gasteiger partial charge >= 0.3 is 0 Å². The minimum atomic E-state index is 0.488. The summed E-state index contributed by atoms with van der Waals surface area (Å²) in [7, 11) is 0. The van der Waals surface area contributed by atoms with E-state index in [2.05, 4.69) is 40.1 Å². The molecule has 3 rings (SSSR count). The van der Waals surface area contributed by atoms with Crippen molar-refractivity contribution in [1.29, 1.82) is 0 Å². The minimum Gasteiger partial charge on any atom is -0.365 e. The standard InChI is InChI=1S/C13H17N3S/c1-9-11(3-2-6-14-9)16-13-10-5-8-17-12(10)4-7-15-13/h4-5,7-9,11,14H,2-3,6H2,1H3,(H,15,16). The van der Waals surface area contributed by atoms with E-state index in [1.807, 2.05) is 6.20 Å². The molecule has 1 fully saturated rings. The number of fused-ring (bicyclic) bond motifs is 1. The first-order valence-electron chi connectivity index (χ1n) is 6.17. The molecule has 2 aromatic heterocycles. The summed E-state index contributed by atoms with van der Waals surface area (Å²) >= 11 is 1.77. The van der Waals surface area contributed by atoms with E-state index >= 15 is 0 Å². The van der Waals surface area contributed by atoms with E-state index in [0.29, 0.717) is 12.1 Å². The summed E-state index contributed by atoms with van der Waals surface area (Å²) in [6.07, 6.45) is 4.35. The Morgan fingerprint density at radius 2 is 2.41 bits per heavy atom. The Balaban J connectivity index is 1.86. The van der Waals surface area contributed by atoms with Gasteiger partial charge in [0.1, 0.15) is 5.82 Å². The molecular formula is C13H17N3S. The summed E-state index contributed by atoms with van der Waals surface area (Å²) in [5.41, 5.74) is 0. The highest BCUT2D eigenvalue weighted by molar-refractivity contribution is 7.17. The molecule has 2 N–H and O–H groups in total. The van der Waals surface area contributed by atoms with E-state index in [-0.39, 0.29) is 0 Å². The molecule has 0 bridgehead atoms. The molecule has 90 valence electrons. The molecule has 0 amide bonds. The summed E-state index contributed by atoms with van der Waals surface area (Å²) in [4.78, 5) is 4.48. The molecule has 0 radical (unpaired) electrons. The van der Waals surface area contributed by atoms with Gasteiger partial charge in [-0.05, 0) is 43.8 Å². The maximum Gasteiger partial charge on any atom is 0.134 e. The zero-order valence-electron chi connectivity index (χ0n) is 9.94. The summed E-state index contributed by atoms with van der Waals surface area (Å²) < 4.78 is 1.30. The van der Waals surface area contributed by atoms with Gasteiger partial charge in [-0.3, -0.25) is 0 Å². The quantitative estimate of drug-likeness (QED) is 0.857. The van der Waals surface area contributed by atoms with Gasteiger partial charge in [-0.1, -0.05) is 0 Å². The summed E-state index contributed by atoms with van der Waals surface area (Å²) in [5, 5.41) is 10.5. The number of thiophene rings is 1. The zero-order valence-corrected chi connectivity index (χ0v) is 10.8. The van der Waals surface area contributed by atoms with Crippen LogP contribution in [-0.2, 0) is 0 Å². The van der Waals surface area contributed by atoms with Crippen LogP contribution in [0.1, 0.15) is 19.8 Å². The van der Waals surface area contributed by atoms with Gasteiger partial charge in [0.15, 0.2) is 0 Å². The zero-order chi connectivity index (χ0) is 11.7. The first-order chi connectivity index (χ1) is 8.34. The number of nitrogens with one attached hydrogen (secondary N) is 2. The number of hydrogen-bond acceptors (Lipinski definition) is 4. The normalized spacial score (nSPS) is 25.0. The van der Waals surface area contributed by atoms with Crippen molar-refractivity contribution in [2.24, 2.45) is 0 Å². The molecule has 2 unspecified atom stereocenters. The van der Waals surface area contributed by atoms with Crippen LogP contribution in [0.2, 0.25) is 0 Å². The third-order valence-electron chi connectivity index (χ3n) is 3.46. The van der Waals surface area contributed by atoms with Crippen LogP contribution in [-0.4, -0.2) is 23.6 Å². The molecule has 1 saturated heterocycles. The number of pyridine rings is 1. The van der Waals surface area contributed by atoms with E-state index < -0.39 is 0 Å². The van der Waals surface area contributed by atoms with Gasteiger partial charge < -0.3 is 10.6 Å². The Labute approximate surface area is 105 Å². The van der Waals surface area contributed by atoms with Crippen molar-refractivity contribution >= 4 is 27.2 Å². The molecule has 3 nitrogen and oxygen atoms in total. The highest BCUT2D eigenvalue weighted by atomic mass is 32.1. The van der Waals surface area contributed by atoms with Crippen LogP contribution in [0.4, 0.5) is 5.82 Å². The highest BCUT2D eigenvalue weighted by Crippen LogP contribution is 2.27. The first kappa shape index (κ1) is 11.0. The molecule has 1 aliphatic heterocycles. The van der Waals surface area contributed by atoms with Gasteiger partial charge in [0, 0.05) is 28.4 Å². The third-order valence-corrected chi connectivity index (χ3v) is 4.35. The average molecular weight is 247 g/mol. The molecule has 1 aliphatic rings. The van der Waals surface area contributed by atoms with Crippen molar-refractivity contribution in [2.75, 3.05) is 11.9 Å². The summed E-state index contributed by atoms with van der Waals surface area (Å²) in [6.45, 7) is 3.38. The number of anilines is 1. The second-order valence-corrected chi connectivity index (χ2v) is 5.58. The van der Waals surface area contributed by atoms with Crippen molar-refractivity contribution in [3.63, 3.8) is 0 Å². The fourth-order valence-electron chi connectivity index (χ4n) is 2.43. The topological polar surface area (TPSA) is 37.0 Å². The Morgan fingerprint density at radius 3 is 3.29 bits per heavy atom. The molecule has 0 aliphatic carbocycles. The van der Waals surface area contributed by atoms with Crippen LogP contribution in [0.3, 0.4) is 0 Å². The van der Waals surface area contributed by atoms with Crippen LogP contribution >= 0.6 is 11.3 Å². The Hall–Kier alpha value is -1.13. The van der Waals surface area contributed by atoms with Crippen LogP contribution in [0, 0.1) is 0 Å². The maximum atomic E-state index is 4.48. The van der Waals surface area contributed by atoms with E-state index in [1.54, 1.807) is 11.3 Å². The maximum absolute atomic E-state index is 4.48. The number of hydrogen-bond donors (Lipinski definition) is 2. The second kappa shape index (κ2) is 4.63. The van der Waals surface area contributed by atoms with E-state index in [1.165, 1.54) is 22.9 Å². The van der Waals surface area contributed by atoms with Gasteiger partial charge in [0.05, 0.1) is 0 Å². The lowest BCUT2D eigenvalue weighted by molar-refractivity contribution is 0.389. The summed E-state index contributed by atoms with van der Waals surface area (Å²) in [5.74, 6) is 1.03. The van der Waals surface area contributed by atoms with E-state index in [4.69, 9.17) is 0 Å². The van der Waals surface area contributed by atoms with Gasteiger partial charge in [-0.2, -0.15) is 0 Å². The fraction of sp³-hybridized carbons (Fsp3) is 0.462.